The maximum atomic E-state index is 11.3. The van der Waals surface area contributed by atoms with Crippen LogP contribution in [0.2, 0.25) is 0 Å². The quantitative estimate of drug-likeness (QED) is 0.826. The average Bonchev–Trinajstić information content (AvgIpc) is 2.60. The molecular weight excluding hydrogens is 236 g/mol. The van der Waals surface area contributed by atoms with Crippen molar-refractivity contribution in [3.05, 3.63) is 15.6 Å². The predicted octanol–water partition coefficient (Wildman–Crippen LogP) is 1.63. The number of nitrogens with one attached hydrogen (secondary N) is 1. The fourth-order valence-electron chi connectivity index (χ4n) is 1.12. The Morgan fingerprint density at radius 2 is 2.27 bits per heavy atom. The summed E-state index contributed by atoms with van der Waals surface area (Å²) in [6.45, 7) is 2.67. The summed E-state index contributed by atoms with van der Waals surface area (Å²) >= 11 is 1.39. The molecule has 0 aliphatic heterocycles. The van der Waals surface area contributed by atoms with Gasteiger partial charge in [-0.05, 0) is 13.5 Å². The molecule has 0 bridgehead atoms. The van der Waals surface area contributed by atoms with Crippen molar-refractivity contribution >= 4 is 29.7 Å². The van der Waals surface area contributed by atoms with E-state index in [1.165, 1.54) is 18.4 Å². The third-order valence-corrected chi connectivity index (χ3v) is 2.85. The molecule has 1 aromatic rings. The van der Waals surface area contributed by atoms with Crippen molar-refractivity contribution in [1.29, 1.82) is 0 Å². The van der Waals surface area contributed by atoms with Gasteiger partial charge in [0.15, 0.2) is 0 Å². The van der Waals surface area contributed by atoms with Gasteiger partial charge in [-0.2, -0.15) is 0 Å². The van der Waals surface area contributed by atoms with Crippen molar-refractivity contribution in [3.63, 3.8) is 0 Å². The van der Waals surface area contributed by atoms with Crippen molar-refractivity contribution in [2.24, 2.45) is 0 Å². The lowest BCUT2D eigenvalue weighted by atomic mass is 10.3. The summed E-state index contributed by atoms with van der Waals surface area (Å²) in [5.74, 6) is -0.290. The van der Waals surface area contributed by atoms with Crippen LogP contribution in [-0.4, -0.2) is 25.1 Å². The van der Waals surface area contributed by atoms with Gasteiger partial charge in [-0.3, -0.25) is 0 Å². The van der Waals surface area contributed by atoms with Gasteiger partial charge < -0.3 is 10.1 Å². The van der Waals surface area contributed by atoms with Crippen molar-refractivity contribution in [1.82, 2.24) is 10.3 Å². The average molecular weight is 251 g/mol. The highest BCUT2D eigenvalue weighted by atomic mass is 35.5. The van der Waals surface area contributed by atoms with Crippen LogP contribution in [0.4, 0.5) is 0 Å². The number of hydrogen-bond donors (Lipinski definition) is 1. The van der Waals surface area contributed by atoms with Crippen LogP contribution in [-0.2, 0) is 17.7 Å². The van der Waals surface area contributed by atoms with Crippen LogP contribution in [0.15, 0.2) is 0 Å². The Morgan fingerprint density at radius 3 is 2.73 bits per heavy atom. The summed E-state index contributed by atoms with van der Waals surface area (Å²) in [4.78, 5) is 16.3. The number of aryl methyl sites for hydroxylation is 1. The van der Waals surface area contributed by atoms with E-state index in [1.807, 2.05) is 14.0 Å². The summed E-state index contributed by atoms with van der Waals surface area (Å²) in [5, 5.41) is 3.92. The van der Waals surface area contributed by atoms with Crippen LogP contribution in [0.25, 0.3) is 0 Å². The molecule has 4 nitrogen and oxygen atoms in total. The van der Waals surface area contributed by atoms with Crippen molar-refractivity contribution < 1.29 is 9.53 Å². The van der Waals surface area contributed by atoms with Crippen LogP contribution in [0, 0.1) is 0 Å². The molecule has 0 radical (unpaired) electrons. The van der Waals surface area contributed by atoms with Crippen LogP contribution < -0.4 is 5.32 Å². The number of thiazole rings is 1. The zero-order chi connectivity index (χ0) is 10.6. The molecule has 0 saturated heterocycles. The number of ether oxygens (including phenoxy) is 1. The van der Waals surface area contributed by atoms with Gasteiger partial charge in [0.05, 0.1) is 12.8 Å². The van der Waals surface area contributed by atoms with E-state index >= 15 is 0 Å². The number of halogens is 1. The molecule has 6 heteroatoms. The van der Waals surface area contributed by atoms with Gasteiger partial charge in [0.25, 0.3) is 0 Å². The minimum atomic E-state index is -0.290. The van der Waals surface area contributed by atoms with Gasteiger partial charge in [-0.1, -0.05) is 6.92 Å². The normalized spacial score (nSPS) is 9.53. The predicted molar refractivity (Wildman–Crippen MR) is 62.8 cm³/mol. The molecule has 0 spiro atoms. The maximum Gasteiger partial charge on any atom is 0.349 e. The lowest BCUT2D eigenvalue weighted by Crippen LogP contribution is -2.04. The lowest BCUT2D eigenvalue weighted by Gasteiger charge is -1.95. The topological polar surface area (TPSA) is 51.2 Å². The number of hydrogen-bond acceptors (Lipinski definition) is 5. The first-order chi connectivity index (χ1) is 6.72. The van der Waals surface area contributed by atoms with Crippen LogP contribution in [0.5, 0.6) is 0 Å². The summed E-state index contributed by atoms with van der Waals surface area (Å²) in [7, 11) is 3.24. The molecule has 0 aliphatic carbocycles. The van der Waals surface area contributed by atoms with E-state index in [2.05, 4.69) is 15.0 Å². The van der Waals surface area contributed by atoms with Gasteiger partial charge >= 0.3 is 5.97 Å². The Labute approximate surface area is 99.5 Å². The Balaban J connectivity index is 0.00000196. The number of nitrogens with zero attached hydrogens (tertiary/aromatic N) is 1. The fraction of sp³-hybridized carbons (Fsp3) is 0.556. The minimum absolute atomic E-state index is 0. The third-order valence-electron chi connectivity index (χ3n) is 1.78. The Morgan fingerprint density at radius 1 is 1.60 bits per heavy atom. The molecular formula is C9H15ClN2O2S. The van der Waals surface area contributed by atoms with Gasteiger partial charge in [-0.15, -0.1) is 23.7 Å². The molecule has 0 unspecified atom stereocenters. The molecule has 0 aromatic carbocycles. The summed E-state index contributed by atoms with van der Waals surface area (Å²) in [6, 6.07) is 0. The smallest absolute Gasteiger partial charge is 0.349 e. The van der Waals surface area contributed by atoms with E-state index in [9.17, 15) is 4.79 Å². The second kappa shape index (κ2) is 6.76. The molecule has 0 fully saturated rings. The third kappa shape index (κ3) is 3.44. The first-order valence-corrected chi connectivity index (χ1v) is 5.26. The van der Waals surface area contributed by atoms with Crippen molar-refractivity contribution in [3.8, 4) is 0 Å². The summed E-state index contributed by atoms with van der Waals surface area (Å²) in [5.41, 5.74) is 0.826. The molecule has 1 N–H and O–H groups in total. The largest absolute Gasteiger partial charge is 0.465 e. The highest BCUT2D eigenvalue weighted by Gasteiger charge is 2.16. The molecule has 0 amide bonds. The maximum absolute atomic E-state index is 11.3. The van der Waals surface area contributed by atoms with Crippen molar-refractivity contribution in [2.45, 2.75) is 19.9 Å². The molecule has 0 saturated carbocycles. The summed E-state index contributed by atoms with van der Waals surface area (Å²) < 4.78 is 4.68. The highest BCUT2D eigenvalue weighted by molar-refractivity contribution is 7.13. The fourth-order valence-corrected chi connectivity index (χ4v) is 2.20. The minimum Gasteiger partial charge on any atom is -0.465 e. The van der Waals surface area contributed by atoms with E-state index in [0.29, 0.717) is 11.4 Å². The number of carbonyl (C=O) groups is 1. The van der Waals surface area contributed by atoms with E-state index in [4.69, 9.17) is 0 Å². The first-order valence-electron chi connectivity index (χ1n) is 4.44. The van der Waals surface area contributed by atoms with Crippen LogP contribution >= 0.6 is 23.7 Å². The number of esters is 1. The summed E-state index contributed by atoms with van der Waals surface area (Å²) in [6.07, 6.45) is 0.755. The molecule has 0 atom stereocenters. The highest BCUT2D eigenvalue weighted by Crippen LogP contribution is 2.19. The Hall–Kier alpha value is -0.650. The van der Waals surface area contributed by atoms with Gasteiger partial charge in [0.1, 0.15) is 9.88 Å². The molecule has 0 aliphatic rings. The first kappa shape index (κ1) is 14.3. The van der Waals surface area contributed by atoms with E-state index in [0.717, 1.165) is 17.1 Å². The molecule has 15 heavy (non-hydrogen) atoms. The number of carbonyl (C=O) groups excluding carboxylic acids is 1. The molecule has 1 aromatic heterocycles. The standard InChI is InChI=1S/C9H14N2O2S.ClH/c1-4-6-8(9(12)13-3)14-7(11-6)5-10-2;/h10H,4-5H2,1-3H3;1H. The number of aromatic nitrogens is 1. The molecule has 1 rings (SSSR count). The van der Waals surface area contributed by atoms with E-state index in [-0.39, 0.29) is 18.4 Å². The molecule has 1 heterocycles. The zero-order valence-corrected chi connectivity index (χ0v) is 10.6. The van der Waals surface area contributed by atoms with Crippen LogP contribution in [0.3, 0.4) is 0 Å². The van der Waals surface area contributed by atoms with E-state index in [1.54, 1.807) is 0 Å². The SMILES string of the molecule is CCc1nc(CNC)sc1C(=O)OC.Cl. The number of rotatable bonds is 4. The zero-order valence-electron chi connectivity index (χ0n) is 8.99. The molecule has 86 valence electrons. The lowest BCUT2D eigenvalue weighted by molar-refractivity contribution is 0.0605. The second-order valence-electron chi connectivity index (χ2n) is 2.76. The van der Waals surface area contributed by atoms with Gasteiger partial charge in [0.2, 0.25) is 0 Å². The second-order valence-corrected chi connectivity index (χ2v) is 3.84. The number of methoxy groups -OCH3 is 1. The Kier molecular flexibility index (Phi) is 6.47. The Bertz CT molecular complexity index is 328. The monoisotopic (exact) mass is 250 g/mol. The van der Waals surface area contributed by atoms with Gasteiger partial charge in [-0.25, -0.2) is 9.78 Å². The van der Waals surface area contributed by atoms with E-state index < -0.39 is 0 Å². The van der Waals surface area contributed by atoms with Gasteiger partial charge in [0, 0.05) is 6.54 Å². The van der Waals surface area contributed by atoms with Crippen molar-refractivity contribution in [2.75, 3.05) is 14.2 Å². The van der Waals surface area contributed by atoms with Crippen LogP contribution in [0.1, 0.15) is 27.3 Å².